The van der Waals surface area contributed by atoms with Gasteiger partial charge in [-0.25, -0.2) is 0 Å². The second kappa shape index (κ2) is 7.11. The van der Waals surface area contributed by atoms with Gasteiger partial charge in [0.25, 0.3) is 0 Å². The molecule has 0 radical (unpaired) electrons. The van der Waals surface area contributed by atoms with Crippen LogP contribution in [0.25, 0.3) is 0 Å². The van der Waals surface area contributed by atoms with Crippen LogP contribution in [0, 0.1) is 5.92 Å². The van der Waals surface area contributed by atoms with E-state index in [0.29, 0.717) is 11.1 Å². The van der Waals surface area contributed by atoms with Crippen LogP contribution < -0.4 is 5.73 Å². The number of nitrogens with two attached hydrogens (primary N) is 1. The number of aromatic nitrogens is 2. The monoisotopic (exact) mass is 276 g/mol. The minimum atomic E-state index is 0. The molecule has 1 aliphatic heterocycles. The van der Waals surface area contributed by atoms with Gasteiger partial charge in [0, 0.05) is 6.54 Å². The fraction of sp³-hybridized carbons (Fsp3) is 0.636. The van der Waals surface area contributed by atoms with Gasteiger partial charge in [-0.2, -0.15) is 5.10 Å². The molecule has 1 aromatic heterocycles. The molecule has 0 aliphatic carbocycles. The molecule has 0 amide bonds. The number of piperidine rings is 1. The SMILES string of the molecule is Cl.NCC1CCN(Cc2ccc(Cl)nn2)CC1. The fourth-order valence-corrected chi connectivity index (χ4v) is 2.14. The van der Waals surface area contributed by atoms with Crippen LogP contribution in [0.15, 0.2) is 12.1 Å². The molecule has 1 aromatic rings. The van der Waals surface area contributed by atoms with Crippen LogP contribution in [0.4, 0.5) is 0 Å². The third-order valence-electron chi connectivity index (χ3n) is 3.11. The van der Waals surface area contributed by atoms with Crippen LogP contribution in [0.3, 0.4) is 0 Å². The van der Waals surface area contributed by atoms with Crippen LogP contribution in [0.5, 0.6) is 0 Å². The highest BCUT2D eigenvalue weighted by Gasteiger charge is 2.18. The lowest BCUT2D eigenvalue weighted by atomic mass is 9.97. The molecular formula is C11H18Cl2N4. The molecule has 6 heteroatoms. The Morgan fingerprint density at radius 3 is 2.53 bits per heavy atom. The van der Waals surface area contributed by atoms with Crippen molar-refractivity contribution in [3.8, 4) is 0 Å². The summed E-state index contributed by atoms with van der Waals surface area (Å²) in [5.74, 6) is 0.701. The van der Waals surface area contributed by atoms with Gasteiger partial charge >= 0.3 is 0 Å². The van der Waals surface area contributed by atoms with Crippen LogP contribution in [0.2, 0.25) is 5.15 Å². The average Bonchev–Trinajstić information content (AvgIpc) is 2.33. The predicted octanol–water partition coefficient (Wildman–Crippen LogP) is 1.72. The standard InChI is InChI=1S/C11H17ClN4.ClH/c12-11-2-1-10(14-15-11)8-16-5-3-9(7-13)4-6-16;/h1-2,9H,3-8,13H2;1H. The molecule has 96 valence electrons. The van der Waals surface area contributed by atoms with Crippen molar-refractivity contribution >= 4 is 24.0 Å². The van der Waals surface area contributed by atoms with Crippen LogP contribution >= 0.6 is 24.0 Å². The highest BCUT2D eigenvalue weighted by atomic mass is 35.5. The fourth-order valence-electron chi connectivity index (χ4n) is 2.04. The van der Waals surface area contributed by atoms with Gasteiger partial charge in [0.2, 0.25) is 0 Å². The van der Waals surface area contributed by atoms with E-state index in [2.05, 4.69) is 15.1 Å². The molecule has 2 rings (SSSR count). The van der Waals surface area contributed by atoms with Crippen molar-refractivity contribution in [1.82, 2.24) is 15.1 Å². The van der Waals surface area contributed by atoms with Gasteiger partial charge in [-0.1, -0.05) is 11.6 Å². The summed E-state index contributed by atoms with van der Waals surface area (Å²) in [7, 11) is 0. The predicted molar refractivity (Wildman–Crippen MR) is 71.3 cm³/mol. The van der Waals surface area contributed by atoms with Crippen molar-refractivity contribution < 1.29 is 0 Å². The van der Waals surface area contributed by atoms with Crippen molar-refractivity contribution in [2.24, 2.45) is 11.7 Å². The summed E-state index contributed by atoms with van der Waals surface area (Å²) in [6.45, 7) is 3.88. The molecule has 0 saturated carbocycles. The summed E-state index contributed by atoms with van der Waals surface area (Å²) < 4.78 is 0. The third-order valence-corrected chi connectivity index (χ3v) is 3.31. The molecule has 1 saturated heterocycles. The Labute approximate surface area is 113 Å². The second-order valence-electron chi connectivity index (χ2n) is 4.30. The third kappa shape index (κ3) is 4.39. The smallest absolute Gasteiger partial charge is 0.151 e. The molecule has 17 heavy (non-hydrogen) atoms. The first-order chi connectivity index (χ1) is 7.78. The normalized spacial score (nSPS) is 17.8. The Morgan fingerprint density at radius 1 is 1.29 bits per heavy atom. The van der Waals surface area contributed by atoms with E-state index >= 15 is 0 Å². The van der Waals surface area contributed by atoms with Gasteiger partial charge < -0.3 is 5.73 Å². The Morgan fingerprint density at radius 2 is 2.00 bits per heavy atom. The van der Waals surface area contributed by atoms with E-state index < -0.39 is 0 Å². The molecule has 0 bridgehead atoms. The molecule has 2 heterocycles. The quantitative estimate of drug-likeness (QED) is 0.914. The summed E-state index contributed by atoms with van der Waals surface area (Å²) in [5, 5.41) is 8.36. The van der Waals surface area contributed by atoms with Crippen molar-refractivity contribution in [3.05, 3.63) is 23.0 Å². The van der Waals surface area contributed by atoms with E-state index in [-0.39, 0.29) is 12.4 Å². The summed E-state index contributed by atoms with van der Waals surface area (Å²) in [5.41, 5.74) is 6.64. The van der Waals surface area contributed by atoms with Gasteiger partial charge in [0.15, 0.2) is 5.15 Å². The number of rotatable bonds is 3. The maximum absolute atomic E-state index is 5.69. The van der Waals surface area contributed by atoms with Crippen LogP contribution in [0.1, 0.15) is 18.5 Å². The van der Waals surface area contributed by atoms with Crippen molar-refractivity contribution in [1.29, 1.82) is 0 Å². The number of hydrogen-bond acceptors (Lipinski definition) is 4. The zero-order chi connectivity index (χ0) is 11.4. The summed E-state index contributed by atoms with van der Waals surface area (Å²) in [6.07, 6.45) is 2.38. The maximum atomic E-state index is 5.69. The van der Waals surface area contributed by atoms with Crippen molar-refractivity contribution in [3.63, 3.8) is 0 Å². The molecule has 2 N–H and O–H groups in total. The summed E-state index contributed by atoms with van der Waals surface area (Å²) in [6, 6.07) is 3.72. The molecular weight excluding hydrogens is 259 g/mol. The highest BCUT2D eigenvalue weighted by molar-refractivity contribution is 6.29. The van der Waals surface area contributed by atoms with Crippen molar-refractivity contribution in [2.45, 2.75) is 19.4 Å². The number of hydrogen-bond donors (Lipinski definition) is 1. The molecule has 0 spiro atoms. The summed E-state index contributed by atoms with van der Waals surface area (Å²) >= 11 is 5.69. The zero-order valence-corrected chi connectivity index (χ0v) is 11.3. The first kappa shape index (κ1) is 14.6. The Bertz CT molecular complexity index is 323. The van der Waals surface area contributed by atoms with E-state index in [9.17, 15) is 0 Å². The minimum Gasteiger partial charge on any atom is -0.330 e. The number of likely N-dealkylation sites (tertiary alicyclic amines) is 1. The summed E-state index contributed by atoms with van der Waals surface area (Å²) in [4.78, 5) is 2.39. The molecule has 0 aromatic carbocycles. The van der Waals surface area contributed by atoms with E-state index in [1.54, 1.807) is 6.07 Å². The molecule has 1 fully saturated rings. The molecule has 0 atom stereocenters. The first-order valence-corrected chi connectivity index (χ1v) is 6.06. The minimum absolute atomic E-state index is 0. The van der Waals surface area contributed by atoms with E-state index in [4.69, 9.17) is 17.3 Å². The lowest BCUT2D eigenvalue weighted by Gasteiger charge is -2.30. The molecule has 1 aliphatic rings. The molecule has 0 unspecified atom stereocenters. The van der Waals surface area contributed by atoms with Gasteiger partial charge in [0.1, 0.15) is 0 Å². The first-order valence-electron chi connectivity index (χ1n) is 5.68. The van der Waals surface area contributed by atoms with Crippen LogP contribution in [-0.4, -0.2) is 34.7 Å². The highest BCUT2D eigenvalue weighted by Crippen LogP contribution is 2.17. The van der Waals surface area contributed by atoms with Gasteiger partial charge in [0.05, 0.1) is 5.69 Å². The van der Waals surface area contributed by atoms with Crippen molar-refractivity contribution in [2.75, 3.05) is 19.6 Å². The van der Waals surface area contributed by atoms with Gasteiger partial charge in [-0.15, -0.1) is 17.5 Å². The Balaban J connectivity index is 0.00000144. The van der Waals surface area contributed by atoms with Gasteiger partial charge in [-0.05, 0) is 50.5 Å². The topological polar surface area (TPSA) is 55.0 Å². The second-order valence-corrected chi connectivity index (χ2v) is 4.69. The average molecular weight is 277 g/mol. The van der Waals surface area contributed by atoms with E-state index in [1.807, 2.05) is 6.07 Å². The largest absolute Gasteiger partial charge is 0.330 e. The maximum Gasteiger partial charge on any atom is 0.151 e. The number of halogens is 2. The van der Waals surface area contributed by atoms with Crippen LogP contribution in [-0.2, 0) is 6.54 Å². The van der Waals surface area contributed by atoms with E-state index in [1.165, 1.54) is 12.8 Å². The number of nitrogens with zero attached hydrogens (tertiary/aromatic N) is 3. The van der Waals surface area contributed by atoms with E-state index in [0.717, 1.165) is 31.9 Å². The lowest BCUT2D eigenvalue weighted by Crippen LogP contribution is -2.35. The lowest BCUT2D eigenvalue weighted by molar-refractivity contribution is 0.178. The zero-order valence-electron chi connectivity index (χ0n) is 9.68. The molecule has 4 nitrogen and oxygen atoms in total. The Kier molecular flexibility index (Phi) is 6.12. The van der Waals surface area contributed by atoms with Gasteiger partial charge in [-0.3, -0.25) is 4.90 Å². The Hall–Kier alpha value is -0.420.